The molecule has 1 aliphatic heterocycles. The van der Waals surface area contributed by atoms with Gasteiger partial charge in [0.2, 0.25) is 0 Å². The Kier molecular flexibility index (Phi) is 6.90. The highest BCUT2D eigenvalue weighted by atomic mass is 15.2. The minimum absolute atomic E-state index is 0.412. The van der Waals surface area contributed by atoms with Crippen molar-refractivity contribution in [3.63, 3.8) is 0 Å². The maximum Gasteiger partial charge on any atom is 0.188 e. The molecule has 23 heavy (non-hydrogen) atoms. The monoisotopic (exact) mass is 316 g/mol. The number of hydrogen-bond donors (Lipinski definition) is 2. The molecule has 2 unspecified atom stereocenters. The van der Waals surface area contributed by atoms with Gasteiger partial charge in [-0.1, -0.05) is 51.1 Å². The van der Waals surface area contributed by atoms with E-state index in [1.165, 1.54) is 24.9 Å². The lowest BCUT2D eigenvalue weighted by molar-refractivity contribution is 0.267. The van der Waals surface area contributed by atoms with Crippen LogP contribution < -0.4 is 11.1 Å². The number of hydrogen-bond acceptors (Lipinski definition) is 2. The Morgan fingerprint density at radius 1 is 1.35 bits per heavy atom. The second-order valence-corrected chi connectivity index (χ2v) is 6.79. The SMILES string of the molecule is CCN1CCCC1CNC(N)=NCC(c1ccccc1)C(C)C. The van der Waals surface area contributed by atoms with Gasteiger partial charge in [0, 0.05) is 25.0 Å². The molecule has 128 valence electrons. The fourth-order valence-electron chi connectivity index (χ4n) is 3.42. The van der Waals surface area contributed by atoms with Gasteiger partial charge in [-0.3, -0.25) is 9.89 Å². The maximum absolute atomic E-state index is 6.09. The highest BCUT2D eigenvalue weighted by molar-refractivity contribution is 5.77. The number of likely N-dealkylation sites (N-methyl/N-ethyl adjacent to an activating group) is 1. The average molecular weight is 316 g/mol. The molecule has 1 saturated heterocycles. The van der Waals surface area contributed by atoms with E-state index in [-0.39, 0.29) is 0 Å². The van der Waals surface area contributed by atoms with E-state index >= 15 is 0 Å². The van der Waals surface area contributed by atoms with Crippen molar-refractivity contribution in [2.75, 3.05) is 26.2 Å². The van der Waals surface area contributed by atoms with Gasteiger partial charge in [-0.25, -0.2) is 0 Å². The number of aliphatic imine (C=N–C) groups is 1. The van der Waals surface area contributed by atoms with Crippen LogP contribution in [0.4, 0.5) is 0 Å². The summed E-state index contributed by atoms with van der Waals surface area (Å²) in [6.07, 6.45) is 2.55. The van der Waals surface area contributed by atoms with Crippen LogP contribution in [0.2, 0.25) is 0 Å². The van der Waals surface area contributed by atoms with Gasteiger partial charge >= 0.3 is 0 Å². The summed E-state index contributed by atoms with van der Waals surface area (Å²) in [6, 6.07) is 11.2. The van der Waals surface area contributed by atoms with Crippen LogP contribution in [0.3, 0.4) is 0 Å². The maximum atomic E-state index is 6.09. The van der Waals surface area contributed by atoms with Crippen LogP contribution in [-0.4, -0.2) is 43.1 Å². The minimum atomic E-state index is 0.412. The molecule has 1 aromatic rings. The van der Waals surface area contributed by atoms with Crippen molar-refractivity contribution >= 4 is 5.96 Å². The highest BCUT2D eigenvalue weighted by Gasteiger charge is 2.22. The molecular weight excluding hydrogens is 284 g/mol. The highest BCUT2D eigenvalue weighted by Crippen LogP contribution is 2.24. The fraction of sp³-hybridized carbons (Fsp3) is 0.632. The second kappa shape index (κ2) is 8.92. The summed E-state index contributed by atoms with van der Waals surface area (Å²) in [4.78, 5) is 7.11. The number of nitrogens with zero attached hydrogens (tertiary/aromatic N) is 2. The predicted molar refractivity (Wildman–Crippen MR) is 98.8 cm³/mol. The molecule has 1 aliphatic rings. The topological polar surface area (TPSA) is 53.6 Å². The van der Waals surface area contributed by atoms with Crippen molar-refractivity contribution < 1.29 is 0 Å². The zero-order chi connectivity index (χ0) is 16.7. The Hall–Kier alpha value is -1.55. The summed E-state index contributed by atoms with van der Waals surface area (Å²) in [5.74, 6) is 1.53. The van der Waals surface area contributed by atoms with Crippen LogP contribution in [0, 0.1) is 5.92 Å². The predicted octanol–water partition coefficient (Wildman–Crippen LogP) is 2.81. The number of guanidine groups is 1. The van der Waals surface area contributed by atoms with Crippen molar-refractivity contribution in [2.24, 2.45) is 16.6 Å². The molecule has 4 heteroatoms. The molecule has 1 heterocycles. The Morgan fingerprint density at radius 3 is 2.74 bits per heavy atom. The Balaban J connectivity index is 1.87. The molecule has 2 atom stereocenters. The van der Waals surface area contributed by atoms with Gasteiger partial charge in [-0.15, -0.1) is 0 Å². The van der Waals surface area contributed by atoms with E-state index in [1.807, 2.05) is 0 Å². The summed E-state index contributed by atoms with van der Waals surface area (Å²) >= 11 is 0. The molecule has 1 fully saturated rings. The van der Waals surface area contributed by atoms with E-state index in [0.717, 1.165) is 19.6 Å². The molecule has 3 N–H and O–H groups in total. The smallest absolute Gasteiger partial charge is 0.188 e. The summed E-state index contributed by atoms with van der Waals surface area (Å²) in [6.45, 7) is 10.7. The van der Waals surface area contributed by atoms with Crippen LogP contribution in [0.5, 0.6) is 0 Å². The molecule has 0 aromatic heterocycles. The third-order valence-corrected chi connectivity index (χ3v) is 4.91. The number of benzene rings is 1. The van der Waals surface area contributed by atoms with Gasteiger partial charge in [-0.2, -0.15) is 0 Å². The van der Waals surface area contributed by atoms with Crippen molar-refractivity contribution in [1.82, 2.24) is 10.2 Å². The fourth-order valence-corrected chi connectivity index (χ4v) is 3.42. The van der Waals surface area contributed by atoms with Crippen LogP contribution in [-0.2, 0) is 0 Å². The lowest BCUT2D eigenvalue weighted by atomic mass is 9.88. The summed E-state index contributed by atoms with van der Waals surface area (Å²) in [5, 5.41) is 3.32. The van der Waals surface area contributed by atoms with Crippen molar-refractivity contribution in [1.29, 1.82) is 0 Å². The molecule has 0 radical (unpaired) electrons. The third-order valence-electron chi connectivity index (χ3n) is 4.91. The first-order valence-electron chi connectivity index (χ1n) is 8.94. The summed E-state index contributed by atoms with van der Waals surface area (Å²) in [5.41, 5.74) is 7.43. The quantitative estimate of drug-likeness (QED) is 0.601. The van der Waals surface area contributed by atoms with Crippen LogP contribution in [0.1, 0.15) is 45.1 Å². The van der Waals surface area contributed by atoms with E-state index < -0.39 is 0 Å². The van der Waals surface area contributed by atoms with Crippen LogP contribution >= 0.6 is 0 Å². The minimum Gasteiger partial charge on any atom is -0.370 e. The van der Waals surface area contributed by atoms with Crippen molar-refractivity contribution in [2.45, 2.75) is 45.6 Å². The van der Waals surface area contributed by atoms with E-state index in [9.17, 15) is 0 Å². The molecule has 0 saturated carbocycles. The van der Waals surface area contributed by atoms with Crippen molar-refractivity contribution in [3.8, 4) is 0 Å². The molecule has 0 bridgehead atoms. The first-order chi connectivity index (χ1) is 11.1. The van der Waals surface area contributed by atoms with Gasteiger partial charge in [-0.05, 0) is 37.4 Å². The average Bonchev–Trinajstić information content (AvgIpc) is 3.01. The molecule has 0 aliphatic carbocycles. The van der Waals surface area contributed by atoms with Crippen LogP contribution in [0.15, 0.2) is 35.3 Å². The van der Waals surface area contributed by atoms with Gasteiger partial charge in [0.1, 0.15) is 0 Å². The van der Waals surface area contributed by atoms with Gasteiger partial charge in [0.25, 0.3) is 0 Å². The summed E-state index contributed by atoms with van der Waals surface area (Å²) in [7, 11) is 0. The Labute approximate surface area is 141 Å². The standard InChI is InChI=1S/C19H32N4/c1-4-23-12-8-11-17(23)13-21-19(20)22-14-18(15(2)3)16-9-6-5-7-10-16/h5-7,9-10,15,17-18H,4,8,11-14H2,1-3H3,(H3,20,21,22). The number of nitrogens with one attached hydrogen (secondary N) is 1. The molecule has 4 nitrogen and oxygen atoms in total. The zero-order valence-corrected chi connectivity index (χ0v) is 14.8. The van der Waals surface area contributed by atoms with E-state index in [2.05, 4.69) is 66.3 Å². The lowest BCUT2D eigenvalue weighted by Gasteiger charge is -2.23. The second-order valence-electron chi connectivity index (χ2n) is 6.79. The van der Waals surface area contributed by atoms with Crippen molar-refractivity contribution in [3.05, 3.63) is 35.9 Å². The van der Waals surface area contributed by atoms with Gasteiger partial charge in [0.05, 0.1) is 0 Å². The first kappa shape index (κ1) is 17.8. The molecule has 0 spiro atoms. The first-order valence-corrected chi connectivity index (χ1v) is 8.94. The number of likely N-dealkylation sites (tertiary alicyclic amines) is 1. The number of rotatable bonds is 7. The summed E-state index contributed by atoms with van der Waals surface area (Å²) < 4.78 is 0. The molecule has 0 amide bonds. The molecule has 2 rings (SSSR count). The van der Waals surface area contributed by atoms with Gasteiger partial charge in [0.15, 0.2) is 5.96 Å². The molecule has 1 aromatic carbocycles. The third kappa shape index (κ3) is 5.24. The van der Waals surface area contributed by atoms with E-state index in [4.69, 9.17) is 5.73 Å². The Morgan fingerprint density at radius 2 is 2.09 bits per heavy atom. The largest absolute Gasteiger partial charge is 0.370 e. The van der Waals surface area contributed by atoms with E-state index in [1.54, 1.807) is 0 Å². The van der Waals surface area contributed by atoms with Gasteiger partial charge < -0.3 is 11.1 Å². The Bertz CT molecular complexity index is 483. The van der Waals surface area contributed by atoms with Crippen LogP contribution in [0.25, 0.3) is 0 Å². The normalized spacial score (nSPS) is 20.9. The lowest BCUT2D eigenvalue weighted by Crippen LogP contribution is -2.42. The zero-order valence-electron chi connectivity index (χ0n) is 14.8. The van der Waals surface area contributed by atoms with E-state index in [0.29, 0.717) is 23.8 Å². The molecular formula is C19H32N4. The number of nitrogens with two attached hydrogens (primary N) is 1.